The van der Waals surface area contributed by atoms with Crippen molar-refractivity contribution in [1.29, 1.82) is 0 Å². The van der Waals surface area contributed by atoms with Gasteiger partial charge in [0.1, 0.15) is 0 Å². The quantitative estimate of drug-likeness (QED) is 0.625. The van der Waals surface area contributed by atoms with E-state index < -0.39 is 12.7 Å². The van der Waals surface area contributed by atoms with Crippen LogP contribution in [0, 0.1) is 5.41 Å². The third-order valence-corrected chi connectivity index (χ3v) is 5.60. The minimum absolute atomic E-state index is 0.284. The highest BCUT2D eigenvalue weighted by Crippen LogP contribution is 2.37. The van der Waals surface area contributed by atoms with Crippen molar-refractivity contribution in [3.05, 3.63) is 0 Å². The van der Waals surface area contributed by atoms with Crippen LogP contribution < -0.4 is 0 Å². The molecule has 1 saturated carbocycles. The van der Waals surface area contributed by atoms with Gasteiger partial charge in [0, 0.05) is 32.7 Å². The van der Waals surface area contributed by atoms with Crippen molar-refractivity contribution in [1.82, 2.24) is 9.80 Å². The first-order chi connectivity index (χ1) is 9.92. The van der Waals surface area contributed by atoms with Crippen molar-refractivity contribution in [2.24, 2.45) is 5.41 Å². The molecular formula is C15H27F3N2S. The summed E-state index contributed by atoms with van der Waals surface area (Å²) in [5.74, 6) is 0.899. The van der Waals surface area contributed by atoms with Crippen molar-refractivity contribution in [2.75, 3.05) is 45.0 Å². The zero-order chi connectivity index (χ0) is 15.3. The molecule has 0 aromatic carbocycles. The zero-order valence-electron chi connectivity index (χ0n) is 12.7. The lowest BCUT2D eigenvalue weighted by atomic mass is 9.81. The predicted octanol–water partition coefficient (Wildman–Crippen LogP) is 3.44. The highest BCUT2D eigenvalue weighted by Gasteiger charge is 2.35. The van der Waals surface area contributed by atoms with E-state index in [0.29, 0.717) is 13.1 Å². The molecule has 0 unspecified atom stereocenters. The molecule has 124 valence electrons. The highest BCUT2D eigenvalue weighted by molar-refractivity contribution is 7.80. The SMILES string of the molecule is FC(F)(F)CN1CCN(CC2(CS)CCCCCC2)CC1. The van der Waals surface area contributed by atoms with Crippen molar-refractivity contribution < 1.29 is 13.2 Å². The van der Waals surface area contributed by atoms with Gasteiger partial charge in [-0.2, -0.15) is 25.8 Å². The molecule has 0 spiro atoms. The van der Waals surface area contributed by atoms with Crippen molar-refractivity contribution in [3.8, 4) is 0 Å². The summed E-state index contributed by atoms with van der Waals surface area (Å²) in [5.41, 5.74) is 0.284. The van der Waals surface area contributed by atoms with Crippen LogP contribution in [-0.2, 0) is 0 Å². The molecule has 0 bridgehead atoms. The first-order valence-electron chi connectivity index (χ1n) is 8.05. The second kappa shape index (κ2) is 7.55. The van der Waals surface area contributed by atoms with Crippen LogP contribution in [0.15, 0.2) is 0 Å². The van der Waals surface area contributed by atoms with Crippen LogP contribution in [-0.4, -0.2) is 61.0 Å². The lowest BCUT2D eigenvalue weighted by molar-refractivity contribution is -0.149. The number of alkyl halides is 3. The second-order valence-electron chi connectivity index (χ2n) is 6.74. The van der Waals surface area contributed by atoms with Crippen LogP contribution in [0.2, 0.25) is 0 Å². The Balaban J connectivity index is 1.81. The molecule has 1 aliphatic heterocycles. The van der Waals surface area contributed by atoms with Gasteiger partial charge >= 0.3 is 6.18 Å². The molecule has 2 rings (SSSR count). The van der Waals surface area contributed by atoms with Gasteiger partial charge in [-0.15, -0.1) is 0 Å². The van der Waals surface area contributed by atoms with E-state index in [2.05, 4.69) is 17.5 Å². The molecule has 2 nitrogen and oxygen atoms in total. The predicted molar refractivity (Wildman–Crippen MR) is 82.9 cm³/mol. The molecule has 1 saturated heterocycles. The van der Waals surface area contributed by atoms with Crippen LogP contribution in [0.5, 0.6) is 0 Å². The zero-order valence-corrected chi connectivity index (χ0v) is 13.6. The largest absolute Gasteiger partial charge is 0.401 e. The smallest absolute Gasteiger partial charge is 0.300 e. The molecule has 0 atom stereocenters. The van der Waals surface area contributed by atoms with E-state index in [-0.39, 0.29) is 5.41 Å². The number of hydrogen-bond acceptors (Lipinski definition) is 3. The number of rotatable bonds is 4. The minimum Gasteiger partial charge on any atom is -0.300 e. The summed E-state index contributed by atoms with van der Waals surface area (Å²) in [6.07, 6.45) is 3.54. The molecule has 0 amide bonds. The Hall–Kier alpha value is 0.0600. The Labute approximate surface area is 131 Å². The van der Waals surface area contributed by atoms with Gasteiger partial charge in [0.2, 0.25) is 0 Å². The second-order valence-corrected chi connectivity index (χ2v) is 7.06. The van der Waals surface area contributed by atoms with E-state index in [9.17, 15) is 13.2 Å². The van der Waals surface area contributed by atoms with Gasteiger partial charge in [0.25, 0.3) is 0 Å². The van der Waals surface area contributed by atoms with Gasteiger partial charge in [0.05, 0.1) is 6.54 Å². The summed E-state index contributed by atoms with van der Waals surface area (Å²) in [7, 11) is 0. The fourth-order valence-electron chi connectivity index (χ4n) is 3.68. The number of thiol groups is 1. The topological polar surface area (TPSA) is 6.48 Å². The van der Waals surface area contributed by atoms with Crippen LogP contribution in [0.4, 0.5) is 13.2 Å². The molecule has 0 N–H and O–H groups in total. The maximum atomic E-state index is 12.4. The molecule has 1 heterocycles. The number of hydrogen-bond donors (Lipinski definition) is 1. The van der Waals surface area contributed by atoms with Crippen LogP contribution in [0.25, 0.3) is 0 Å². The van der Waals surface area contributed by atoms with Gasteiger partial charge in [-0.25, -0.2) is 0 Å². The average molecular weight is 324 g/mol. The van der Waals surface area contributed by atoms with E-state index in [1.54, 1.807) is 0 Å². The summed E-state index contributed by atoms with van der Waals surface area (Å²) in [5, 5.41) is 0. The van der Waals surface area contributed by atoms with Gasteiger partial charge in [0.15, 0.2) is 0 Å². The van der Waals surface area contributed by atoms with Crippen molar-refractivity contribution >= 4 is 12.6 Å². The van der Waals surface area contributed by atoms with Gasteiger partial charge in [-0.3, -0.25) is 4.90 Å². The molecular weight excluding hydrogens is 297 g/mol. The lowest BCUT2D eigenvalue weighted by Gasteiger charge is -2.41. The summed E-state index contributed by atoms with van der Waals surface area (Å²) in [6, 6.07) is 0. The van der Waals surface area contributed by atoms with Crippen molar-refractivity contribution in [3.63, 3.8) is 0 Å². The third-order valence-electron chi connectivity index (χ3n) is 4.93. The number of piperazine rings is 1. The van der Waals surface area contributed by atoms with E-state index in [1.165, 1.54) is 43.4 Å². The molecule has 0 radical (unpaired) electrons. The standard InChI is InChI=1S/C15H27F3N2S/c16-15(17,18)12-20-9-7-19(8-10-20)11-14(13-21)5-3-1-2-4-6-14/h21H,1-13H2. The molecule has 0 aromatic heterocycles. The first kappa shape index (κ1) is 17.4. The fourth-order valence-corrected chi connectivity index (χ4v) is 4.09. The lowest BCUT2D eigenvalue weighted by Crippen LogP contribution is -2.52. The Morgan fingerprint density at radius 1 is 0.857 bits per heavy atom. The molecule has 6 heteroatoms. The summed E-state index contributed by atoms with van der Waals surface area (Å²) in [6.45, 7) is 2.82. The maximum absolute atomic E-state index is 12.4. The summed E-state index contributed by atoms with van der Waals surface area (Å²) >= 11 is 4.58. The van der Waals surface area contributed by atoms with Crippen LogP contribution in [0.3, 0.4) is 0 Å². The molecule has 2 fully saturated rings. The maximum Gasteiger partial charge on any atom is 0.401 e. The van der Waals surface area contributed by atoms with Crippen LogP contribution in [0.1, 0.15) is 38.5 Å². The van der Waals surface area contributed by atoms with E-state index in [1.807, 2.05) is 0 Å². The number of nitrogens with zero attached hydrogens (tertiary/aromatic N) is 2. The molecule has 21 heavy (non-hydrogen) atoms. The van der Waals surface area contributed by atoms with Gasteiger partial charge in [-0.05, 0) is 24.0 Å². The Morgan fingerprint density at radius 3 is 1.86 bits per heavy atom. The van der Waals surface area contributed by atoms with Crippen molar-refractivity contribution in [2.45, 2.75) is 44.7 Å². The molecule has 1 aliphatic carbocycles. The van der Waals surface area contributed by atoms with Crippen LogP contribution >= 0.6 is 12.6 Å². The highest BCUT2D eigenvalue weighted by atomic mass is 32.1. The minimum atomic E-state index is -4.07. The number of halogens is 3. The summed E-state index contributed by atoms with van der Waals surface area (Å²) in [4.78, 5) is 3.88. The fraction of sp³-hybridized carbons (Fsp3) is 1.00. The Morgan fingerprint density at radius 2 is 1.38 bits per heavy atom. The van der Waals surface area contributed by atoms with E-state index in [0.717, 1.165) is 25.4 Å². The van der Waals surface area contributed by atoms with Gasteiger partial charge in [-0.1, -0.05) is 25.7 Å². The van der Waals surface area contributed by atoms with E-state index in [4.69, 9.17) is 0 Å². The average Bonchev–Trinajstić information content (AvgIpc) is 2.66. The first-order valence-corrected chi connectivity index (χ1v) is 8.68. The van der Waals surface area contributed by atoms with E-state index >= 15 is 0 Å². The Kier molecular flexibility index (Phi) is 6.26. The van der Waals surface area contributed by atoms with Gasteiger partial charge < -0.3 is 4.90 Å². The monoisotopic (exact) mass is 324 g/mol. The summed E-state index contributed by atoms with van der Waals surface area (Å²) < 4.78 is 37.2. The third kappa shape index (κ3) is 5.64. The molecule has 0 aromatic rings. The molecule has 2 aliphatic rings. The normalized spacial score (nSPS) is 25.7. The Bertz CT molecular complexity index is 307.